The van der Waals surface area contributed by atoms with E-state index in [0.717, 1.165) is 19.5 Å². The van der Waals surface area contributed by atoms with E-state index in [1.165, 1.54) is 5.01 Å². The minimum atomic E-state index is -0.976. The molecule has 3 unspecified atom stereocenters. The molecule has 2 aliphatic heterocycles. The van der Waals surface area contributed by atoms with Crippen molar-refractivity contribution in [2.45, 2.75) is 31.8 Å². The lowest BCUT2D eigenvalue weighted by atomic mass is 9.92. The van der Waals surface area contributed by atoms with Gasteiger partial charge in [-0.2, -0.15) is 5.10 Å². The lowest BCUT2D eigenvalue weighted by Crippen LogP contribution is -2.51. The summed E-state index contributed by atoms with van der Waals surface area (Å²) in [6, 6.07) is 8.42. The van der Waals surface area contributed by atoms with Gasteiger partial charge in [0.2, 0.25) is 0 Å². The van der Waals surface area contributed by atoms with E-state index in [9.17, 15) is 14.7 Å². The number of likely N-dealkylation sites (tertiary alicyclic amines) is 1. The molecular formula is C19H26N4O3. The van der Waals surface area contributed by atoms with Crippen LogP contribution >= 0.6 is 0 Å². The first kappa shape index (κ1) is 18.4. The van der Waals surface area contributed by atoms with Crippen molar-refractivity contribution < 1.29 is 14.7 Å². The minimum Gasteiger partial charge on any atom is -0.480 e. The predicted molar refractivity (Wildman–Crippen MR) is 100 cm³/mol. The van der Waals surface area contributed by atoms with Crippen LogP contribution in [0.25, 0.3) is 0 Å². The number of benzene rings is 1. The van der Waals surface area contributed by atoms with Gasteiger partial charge in [-0.3, -0.25) is 9.80 Å². The quantitative estimate of drug-likeness (QED) is 0.883. The van der Waals surface area contributed by atoms with Crippen molar-refractivity contribution in [2.75, 3.05) is 32.2 Å². The number of carboxylic acids is 1. The number of rotatable bonds is 4. The van der Waals surface area contributed by atoms with Gasteiger partial charge in [-0.05, 0) is 38.1 Å². The molecule has 1 N–H and O–H groups in total. The fourth-order valence-electron chi connectivity index (χ4n) is 3.92. The number of piperidine rings is 1. The van der Waals surface area contributed by atoms with Gasteiger partial charge in [0.25, 0.3) is 5.91 Å². The monoisotopic (exact) mass is 358 g/mol. The lowest BCUT2D eigenvalue weighted by molar-refractivity contribution is -0.138. The third kappa shape index (κ3) is 3.58. The summed E-state index contributed by atoms with van der Waals surface area (Å²) in [4.78, 5) is 28.7. The van der Waals surface area contributed by atoms with E-state index in [2.05, 4.69) is 24.0 Å². The van der Waals surface area contributed by atoms with Crippen LogP contribution in [0, 0.1) is 5.92 Å². The molecule has 0 radical (unpaired) electrons. The highest BCUT2D eigenvalue weighted by Crippen LogP contribution is 2.27. The van der Waals surface area contributed by atoms with Gasteiger partial charge >= 0.3 is 5.97 Å². The van der Waals surface area contributed by atoms with Gasteiger partial charge < -0.3 is 14.9 Å². The number of nitrogens with zero attached hydrogens (tertiary/aromatic N) is 4. The number of carbonyl (C=O) groups is 2. The van der Waals surface area contributed by atoms with Crippen LogP contribution < -0.4 is 5.01 Å². The largest absolute Gasteiger partial charge is 0.480 e. The first-order valence-corrected chi connectivity index (χ1v) is 8.98. The average molecular weight is 358 g/mol. The van der Waals surface area contributed by atoms with Gasteiger partial charge in [0.15, 0.2) is 6.04 Å². The maximum Gasteiger partial charge on any atom is 0.328 e. The Labute approximate surface area is 153 Å². The zero-order valence-electron chi connectivity index (χ0n) is 15.5. The molecular weight excluding hydrogens is 332 g/mol. The molecule has 26 heavy (non-hydrogen) atoms. The second kappa shape index (κ2) is 7.45. The molecule has 0 aromatic heterocycles. The van der Waals surface area contributed by atoms with Crippen LogP contribution in [-0.2, 0) is 9.59 Å². The van der Waals surface area contributed by atoms with Gasteiger partial charge in [-0.15, -0.1) is 0 Å². The lowest BCUT2D eigenvalue weighted by Gasteiger charge is -2.39. The SMILES string of the molecule is CC1CN(C)CCC1N(C)C(=O)C1=NN(c2ccccc2)C(C(=O)O)C1. The summed E-state index contributed by atoms with van der Waals surface area (Å²) in [5.41, 5.74) is 0.993. The predicted octanol–water partition coefficient (Wildman–Crippen LogP) is 1.50. The second-order valence-electron chi connectivity index (χ2n) is 7.30. The number of carboxylic acid groups (broad SMARTS) is 1. The Balaban J connectivity index is 1.79. The first-order chi connectivity index (χ1) is 12.4. The van der Waals surface area contributed by atoms with Crippen LogP contribution in [0.2, 0.25) is 0 Å². The van der Waals surface area contributed by atoms with Crippen molar-refractivity contribution in [3.05, 3.63) is 30.3 Å². The third-order valence-corrected chi connectivity index (χ3v) is 5.34. The van der Waals surface area contributed by atoms with Crippen molar-refractivity contribution in [1.29, 1.82) is 0 Å². The first-order valence-electron chi connectivity index (χ1n) is 8.98. The average Bonchev–Trinajstić information content (AvgIpc) is 3.07. The number of hydrogen-bond donors (Lipinski definition) is 1. The van der Waals surface area contributed by atoms with Crippen molar-refractivity contribution in [2.24, 2.45) is 11.0 Å². The van der Waals surface area contributed by atoms with Gasteiger partial charge in [0, 0.05) is 26.1 Å². The molecule has 3 rings (SSSR count). The fraction of sp³-hybridized carbons (Fsp3) is 0.526. The van der Waals surface area contributed by atoms with Gasteiger partial charge in [0.1, 0.15) is 5.71 Å². The number of carbonyl (C=O) groups excluding carboxylic acids is 1. The highest BCUT2D eigenvalue weighted by molar-refractivity contribution is 6.40. The van der Waals surface area contributed by atoms with E-state index >= 15 is 0 Å². The smallest absolute Gasteiger partial charge is 0.328 e. The fourth-order valence-corrected chi connectivity index (χ4v) is 3.92. The Hall–Kier alpha value is -2.41. The van der Waals surface area contributed by atoms with Crippen molar-refractivity contribution in [3.8, 4) is 0 Å². The molecule has 1 saturated heterocycles. The molecule has 0 aliphatic carbocycles. The molecule has 1 amide bonds. The molecule has 0 saturated carbocycles. The number of aliphatic carboxylic acids is 1. The summed E-state index contributed by atoms with van der Waals surface area (Å²) in [6.07, 6.45) is 1.03. The Morgan fingerprint density at radius 2 is 1.96 bits per heavy atom. The summed E-state index contributed by atoms with van der Waals surface area (Å²) in [5.74, 6) is -0.781. The van der Waals surface area contributed by atoms with E-state index in [1.807, 2.05) is 18.2 Å². The van der Waals surface area contributed by atoms with Gasteiger partial charge in [-0.25, -0.2) is 4.79 Å². The normalized spacial score (nSPS) is 26.5. The Morgan fingerprint density at radius 1 is 1.27 bits per heavy atom. The van der Waals surface area contributed by atoms with Crippen LogP contribution in [0.4, 0.5) is 5.69 Å². The highest BCUT2D eigenvalue weighted by Gasteiger charge is 2.39. The van der Waals surface area contributed by atoms with E-state index in [1.54, 1.807) is 24.1 Å². The third-order valence-electron chi connectivity index (χ3n) is 5.34. The summed E-state index contributed by atoms with van der Waals surface area (Å²) in [5, 5.41) is 15.4. The molecule has 2 heterocycles. The molecule has 0 spiro atoms. The molecule has 1 aromatic carbocycles. The highest BCUT2D eigenvalue weighted by atomic mass is 16.4. The number of hydrazone groups is 1. The van der Waals surface area contributed by atoms with Crippen molar-refractivity contribution in [1.82, 2.24) is 9.80 Å². The van der Waals surface area contributed by atoms with Gasteiger partial charge in [-0.1, -0.05) is 25.1 Å². The molecule has 2 aliphatic rings. The number of hydrogen-bond acceptors (Lipinski definition) is 5. The van der Waals surface area contributed by atoms with E-state index in [4.69, 9.17) is 0 Å². The maximum atomic E-state index is 13.0. The molecule has 7 nitrogen and oxygen atoms in total. The van der Waals surface area contributed by atoms with Crippen LogP contribution in [0.3, 0.4) is 0 Å². The number of anilines is 1. The number of amides is 1. The Kier molecular flexibility index (Phi) is 5.27. The maximum absolute atomic E-state index is 13.0. The molecule has 140 valence electrons. The zero-order chi connectivity index (χ0) is 18.8. The van der Waals surface area contributed by atoms with Crippen LogP contribution in [0.15, 0.2) is 35.4 Å². The Morgan fingerprint density at radius 3 is 2.58 bits per heavy atom. The van der Waals surface area contributed by atoms with Crippen LogP contribution in [-0.4, -0.2) is 71.8 Å². The minimum absolute atomic E-state index is 0.119. The van der Waals surface area contributed by atoms with Crippen molar-refractivity contribution >= 4 is 23.3 Å². The molecule has 7 heteroatoms. The standard InChI is InChI=1S/C19H26N4O3/c1-13-12-21(2)10-9-16(13)22(3)18(24)15-11-17(19(25)26)23(20-15)14-7-5-4-6-8-14/h4-8,13,16-17H,9-12H2,1-3H3,(H,25,26). The molecule has 1 aromatic rings. The van der Waals surface area contributed by atoms with E-state index < -0.39 is 12.0 Å². The van der Waals surface area contributed by atoms with Crippen LogP contribution in [0.5, 0.6) is 0 Å². The summed E-state index contributed by atoms with van der Waals surface area (Å²) in [6.45, 7) is 4.05. The molecule has 3 atom stereocenters. The van der Waals surface area contributed by atoms with Gasteiger partial charge in [0.05, 0.1) is 5.69 Å². The topological polar surface area (TPSA) is 76.5 Å². The van der Waals surface area contributed by atoms with Crippen LogP contribution in [0.1, 0.15) is 19.8 Å². The number of para-hydroxylation sites is 1. The summed E-state index contributed by atoms with van der Waals surface area (Å²) >= 11 is 0. The molecule has 0 bridgehead atoms. The second-order valence-corrected chi connectivity index (χ2v) is 7.30. The van der Waals surface area contributed by atoms with E-state index in [-0.39, 0.29) is 18.4 Å². The summed E-state index contributed by atoms with van der Waals surface area (Å²) < 4.78 is 0. The molecule has 1 fully saturated rings. The Bertz CT molecular complexity index is 706. The zero-order valence-corrected chi connectivity index (χ0v) is 15.5. The summed E-state index contributed by atoms with van der Waals surface area (Å²) in [7, 11) is 3.89. The van der Waals surface area contributed by atoms with E-state index in [0.29, 0.717) is 17.3 Å². The van der Waals surface area contributed by atoms with Crippen molar-refractivity contribution in [3.63, 3.8) is 0 Å².